The van der Waals surface area contributed by atoms with Crippen molar-refractivity contribution in [3.05, 3.63) is 168 Å². The van der Waals surface area contributed by atoms with Gasteiger partial charge in [0.05, 0.1) is 28.3 Å². The fraction of sp³-hybridized carbons (Fsp3) is 0.174. The molecule has 0 N–H and O–H groups in total. The van der Waals surface area contributed by atoms with Crippen LogP contribution in [0.3, 0.4) is 0 Å². The first-order chi connectivity index (χ1) is 24.6. The second kappa shape index (κ2) is 12.6. The summed E-state index contributed by atoms with van der Waals surface area (Å²) < 4.78 is 4.68. The second-order valence-electron chi connectivity index (χ2n) is 13.7. The number of hydrogen-bond acceptors (Lipinski definition) is 2. The van der Waals surface area contributed by atoms with Gasteiger partial charge in [-0.05, 0) is 86.6 Å². The van der Waals surface area contributed by atoms with Crippen LogP contribution in [0.2, 0.25) is 0 Å². The second-order valence-corrected chi connectivity index (χ2v) is 13.7. The number of aryl methyl sites for hydroxylation is 2. The molecule has 50 heavy (non-hydrogen) atoms. The molecule has 0 saturated carbocycles. The largest absolute Gasteiger partial charge is 0.313 e. The van der Waals surface area contributed by atoms with Crippen LogP contribution < -0.4 is 0 Å². The van der Waals surface area contributed by atoms with Crippen LogP contribution in [0, 0.1) is 19.8 Å². The van der Waals surface area contributed by atoms with Crippen molar-refractivity contribution in [1.29, 1.82) is 0 Å². The summed E-state index contributed by atoms with van der Waals surface area (Å²) in [5, 5.41) is 3.86. The van der Waals surface area contributed by atoms with Gasteiger partial charge in [-0.2, -0.15) is 0 Å². The highest BCUT2D eigenvalue weighted by Gasteiger charge is 2.31. The predicted molar refractivity (Wildman–Crippen MR) is 212 cm³/mol. The molecule has 4 nitrogen and oxygen atoms in total. The Kier molecular flexibility index (Phi) is 7.65. The molecule has 0 spiro atoms. The Morgan fingerprint density at radius 3 is 2.18 bits per heavy atom. The van der Waals surface area contributed by atoms with Gasteiger partial charge in [-0.3, -0.25) is 4.57 Å². The average molecular weight is 649 g/mol. The molecule has 2 atom stereocenters. The Bertz CT molecular complexity index is 2510. The zero-order valence-electron chi connectivity index (χ0n) is 28.6. The van der Waals surface area contributed by atoms with E-state index in [1.165, 1.54) is 60.8 Å². The van der Waals surface area contributed by atoms with E-state index in [0.29, 0.717) is 0 Å². The van der Waals surface area contributed by atoms with Gasteiger partial charge in [-0.1, -0.05) is 115 Å². The van der Waals surface area contributed by atoms with Crippen molar-refractivity contribution in [2.45, 2.75) is 45.6 Å². The first-order valence-corrected chi connectivity index (χ1v) is 17.9. The van der Waals surface area contributed by atoms with E-state index < -0.39 is 0 Å². The molecule has 4 aromatic carbocycles. The van der Waals surface area contributed by atoms with E-state index in [1.54, 1.807) is 0 Å². The van der Waals surface area contributed by atoms with E-state index in [-0.39, 0.29) is 12.0 Å². The van der Waals surface area contributed by atoms with Gasteiger partial charge >= 0.3 is 0 Å². The van der Waals surface area contributed by atoms with Gasteiger partial charge in [0.15, 0.2) is 0 Å². The summed E-state index contributed by atoms with van der Waals surface area (Å²) in [4.78, 5) is 10.3. The summed E-state index contributed by atoms with van der Waals surface area (Å²) >= 11 is 0. The van der Waals surface area contributed by atoms with E-state index >= 15 is 0 Å². The average Bonchev–Trinajstić information content (AvgIpc) is 3.67. The van der Waals surface area contributed by atoms with Crippen molar-refractivity contribution >= 4 is 50.5 Å². The van der Waals surface area contributed by atoms with Gasteiger partial charge in [0.2, 0.25) is 5.96 Å². The van der Waals surface area contributed by atoms with Crippen molar-refractivity contribution in [1.82, 2.24) is 9.13 Å². The minimum absolute atomic E-state index is 0.0883. The summed E-state index contributed by atoms with van der Waals surface area (Å²) in [5.41, 5.74) is 12.8. The molecule has 0 amide bonds. The fourth-order valence-electron chi connectivity index (χ4n) is 8.02. The van der Waals surface area contributed by atoms with Gasteiger partial charge in [-0.15, -0.1) is 0 Å². The van der Waals surface area contributed by atoms with Gasteiger partial charge in [-0.25, -0.2) is 9.98 Å². The lowest BCUT2D eigenvalue weighted by atomic mass is 9.84. The molecule has 1 aliphatic heterocycles. The number of rotatable bonds is 2. The van der Waals surface area contributed by atoms with Crippen LogP contribution in [-0.2, 0) is 6.42 Å². The number of aliphatic imine (C=N–C) groups is 2. The maximum atomic E-state index is 5.20. The lowest BCUT2D eigenvalue weighted by Crippen LogP contribution is -2.34. The Morgan fingerprint density at radius 1 is 0.640 bits per heavy atom. The molecule has 3 heterocycles. The van der Waals surface area contributed by atoms with E-state index in [4.69, 9.17) is 9.98 Å². The van der Waals surface area contributed by atoms with Crippen LogP contribution >= 0.6 is 0 Å². The SMILES string of the molecule is Cc1ccc2c3c(n(-c4ccccc4)c2c1)CCC=C3.Cc1ccc2c3ccccc3n(C3=NC4C=CC=CC4C(C4=CC=CCC4)=N3)c2c1. The summed E-state index contributed by atoms with van der Waals surface area (Å²) in [6.07, 6.45) is 24.2. The minimum Gasteiger partial charge on any atom is -0.313 e. The third-order valence-corrected chi connectivity index (χ3v) is 10.4. The summed E-state index contributed by atoms with van der Waals surface area (Å²) in [6, 6.07) is 32.8. The van der Waals surface area contributed by atoms with Gasteiger partial charge in [0.1, 0.15) is 0 Å². The normalized spacial score (nSPS) is 19.1. The predicted octanol–water partition coefficient (Wildman–Crippen LogP) is 11.0. The molecular formula is C46H40N4. The molecule has 6 aromatic rings. The number of nitrogens with zero attached hydrogens (tertiary/aromatic N) is 4. The highest BCUT2D eigenvalue weighted by atomic mass is 15.2. The maximum absolute atomic E-state index is 5.20. The molecule has 2 unspecified atom stereocenters. The van der Waals surface area contributed by atoms with Crippen LogP contribution in [0.5, 0.6) is 0 Å². The Hall–Kier alpha value is -5.74. The van der Waals surface area contributed by atoms with Crippen LogP contribution in [-0.4, -0.2) is 26.8 Å². The third-order valence-electron chi connectivity index (χ3n) is 10.4. The summed E-state index contributed by atoms with van der Waals surface area (Å²) in [6.45, 7) is 4.30. The monoisotopic (exact) mass is 648 g/mol. The Morgan fingerprint density at radius 2 is 1.36 bits per heavy atom. The number of aromatic nitrogens is 2. The highest BCUT2D eigenvalue weighted by molar-refractivity contribution is 6.18. The standard InChI is InChI=1S/C27H23N3.C19H17N/c1-18-15-16-21-20-11-6-8-14-24(20)30(25(21)17-18)27-28-23-13-7-5-12-22(23)26(29-27)19-9-3-2-4-10-19;1-14-11-12-17-16-9-5-6-10-18(16)20(19(17)13-14)15-7-3-2-4-8-15/h2-3,5-9,11-17,22-23H,4,10H2,1H3;2-5,7-9,11-13H,6,10H2,1H3. The van der Waals surface area contributed by atoms with Crippen LogP contribution in [0.25, 0.3) is 44.5 Å². The smallest absolute Gasteiger partial charge is 0.230 e. The van der Waals surface area contributed by atoms with Crippen LogP contribution in [0.4, 0.5) is 0 Å². The quantitative estimate of drug-likeness (QED) is 0.179. The minimum atomic E-state index is 0.0883. The first kappa shape index (κ1) is 30.3. The van der Waals surface area contributed by atoms with E-state index in [9.17, 15) is 0 Å². The van der Waals surface area contributed by atoms with Gasteiger partial charge in [0, 0.05) is 39.0 Å². The van der Waals surface area contributed by atoms with Crippen molar-refractivity contribution in [2.75, 3.05) is 0 Å². The van der Waals surface area contributed by atoms with Crippen LogP contribution in [0.15, 0.2) is 155 Å². The van der Waals surface area contributed by atoms with Gasteiger partial charge < -0.3 is 4.57 Å². The fourth-order valence-corrected chi connectivity index (χ4v) is 8.02. The van der Waals surface area contributed by atoms with Crippen molar-refractivity contribution < 1.29 is 0 Å². The zero-order chi connectivity index (χ0) is 33.6. The molecule has 0 saturated heterocycles. The molecule has 4 aliphatic rings. The lowest BCUT2D eigenvalue weighted by Gasteiger charge is -2.29. The first-order valence-electron chi connectivity index (χ1n) is 17.9. The Balaban J connectivity index is 0.000000146. The zero-order valence-corrected chi connectivity index (χ0v) is 28.6. The molecular weight excluding hydrogens is 609 g/mol. The third kappa shape index (κ3) is 5.23. The number of benzene rings is 4. The van der Waals surface area contributed by atoms with Crippen molar-refractivity contribution in [2.24, 2.45) is 15.9 Å². The highest BCUT2D eigenvalue weighted by Crippen LogP contribution is 2.35. The van der Waals surface area contributed by atoms with Crippen molar-refractivity contribution in [3.8, 4) is 5.69 Å². The number of allylic oxidation sites excluding steroid dienone is 7. The number of para-hydroxylation sites is 2. The molecule has 0 bridgehead atoms. The van der Waals surface area contributed by atoms with E-state index in [1.807, 2.05) is 0 Å². The molecule has 244 valence electrons. The topological polar surface area (TPSA) is 34.6 Å². The molecule has 0 radical (unpaired) electrons. The lowest BCUT2D eigenvalue weighted by molar-refractivity contribution is 0.698. The number of hydrogen-bond donors (Lipinski definition) is 0. The molecule has 4 heteroatoms. The summed E-state index contributed by atoms with van der Waals surface area (Å²) in [5.74, 6) is 1.00. The molecule has 2 aromatic heterocycles. The maximum Gasteiger partial charge on any atom is 0.230 e. The van der Waals surface area contributed by atoms with E-state index in [0.717, 1.165) is 42.9 Å². The molecule has 0 fully saturated rings. The van der Waals surface area contributed by atoms with Crippen molar-refractivity contribution in [3.63, 3.8) is 0 Å². The van der Waals surface area contributed by atoms with Crippen LogP contribution in [0.1, 0.15) is 41.6 Å². The molecule has 3 aliphatic carbocycles. The Labute approximate surface area is 293 Å². The number of fused-ring (bicyclic) bond motifs is 7. The van der Waals surface area contributed by atoms with Gasteiger partial charge in [0.25, 0.3) is 0 Å². The molecule has 10 rings (SSSR count). The van der Waals surface area contributed by atoms with E-state index in [2.05, 4.69) is 169 Å². The summed E-state index contributed by atoms with van der Waals surface area (Å²) in [7, 11) is 0.